The van der Waals surface area contributed by atoms with Gasteiger partial charge in [0.15, 0.2) is 0 Å². The Bertz CT molecular complexity index is 961. The van der Waals surface area contributed by atoms with Gasteiger partial charge in [0, 0.05) is 20.4 Å². The molecule has 0 aliphatic heterocycles. The molecule has 0 aromatic heterocycles. The molecule has 0 N–H and O–H groups in total. The average Bonchev–Trinajstić information content (AvgIpc) is 2.87. The maximum absolute atomic E-state index is 9.05. The van der Waals surface area contributed by atoms with E-state index in [1.807, 2.05) is 6.08 Å². The molecule has 0 unspecified atom stereocenters. The number of aryl methyl sites for hydroxylation is 2. The molecule has 0 bridgehead atoms. The molecule has 0 fully saturated rings. The van der Waals surface area contributed by atoms with E-state index in [4.69, 9.17) is 5.53 Å². The van der Waals surface area contributed by atoms with Crippen LogP contribution in [0.25, 0.3) is 11.1 Å². The molecule has 2 aromatic carbocycles. The topological polar surface area (TPSA) is 36.4 Å². The van der Waals surface area contributed by atoms with Crippen LogP contribution < -0.4 is 0 Å². The number of allylic oxidation sites excluding steroid dienone is 2. The van der Waals surface area contributed by atoms with Crippen LogP contribution in [-0.4, -0.2) is 10.7 Å². The molecule has 2 aromatic rings. The summed E-state index contributed by atoms with van der Waals surface area (Å²) in [7, 11) is 0. The number of hydrogen-bond donors (Lipinski definition) is 0. The normalized spacial score (nSPS) is 11.2. The first-order chi connectivity index (χ1) is 16.7. The van der Waals surface area contributed by atoms with Crippen LogP contribution in [0.1, 0.15) is 114 Å². The van der Waals surface area contributed by atoms with Gasteiger partial charge in [0.1, 0.15) is 0 Å². The number of unbranched alkanes of at least 4 members (excludes halogenated alkanes) is 7. The van der Waals surface area contributed by atoms with Crippen molar-refractivity contribution < 1.29 is 25.2 Å². The van der Waals surface area contributed by atoms with Crippen LogP contribution >= 0.6 is 0 Å². The minimum Gasteiger partial charge on any atom is -0.348 e. The minimum absolute atomic E-state index is 0. The molecule has 35 heavy (non-hydrogen) atoms. The van der Waals surface area contributed by atoms with E-state index < -0.39 is 0 Å². The van der Waals surface area contributed by atoms with Crippen molar-refractivity contribution in [1.29, 1.82) is 0 Å². The summed E-state index contributed by atoms with van der Waals surface area (Å²) in [5.41, 5.74) is 16.7. The second-order valence-corrected chi connectivity index (χ2v) is 9.40. The fourth-order valence-electron chi connectivity index (χ4n) is 4.49. The maximum Gasteiger partial charge on any atom is 0.299 e. The summed E-state index contributed by atoms with van der Waals surface area (Å²) in [5, 5.41) is 0. The maximum atomic E-state index is 9.05. The molecular weight excluding hydrogens is 519 g/mol. The van der Waals surface area contributed by atoms with Gasteiger partial charge >= 0.3 is 0 Å². The number of nitrogens with zero attached hydrogens (tertiary/aromatic N) is 2. The molecule has 2 rings (SSSR count). The molecule has 0 saturated heterocycles. The van der Waals surface area contributed by atoms with Crippen molar-refractivity contribution in [3.05, 3.63) is 88.0 Å². The van der Waals surface area contributed by atoms with Crippen LogP contribution in [0.2, 0.25) is 0 Å². The summed E-state index contributed by atoms with van der Waals surface area (Å²) < 4.78 is 0. The van der Waals surface area contributed by atoms with Gasteiger partial charge in [-0.05, 0) is 71.9 Å². The first kappa shape index (κ1) is 31.0. The van der Waals surface area contributed by atoms with Gasteiger partial charge in [0.25, 0.3) is 5.87 Å². The van der Waals surface area contributed by atoms with Crippen molar-refractivity contribution in [2.45, 2.75) is 104 Å². The largest absolute Gasteiger partial charge is 0.348 e. The molecule has 0 atom stereocenters. The van der Waals surface area contributed by atoms with E-state index in [0.717, 1.165) is 32.1 Å². The van der Waals surface area contributed by atoms with Crippen LogP contribution in [-0.2, 0) is 33.3 Å². The average molecular weight is 563 g/mol. The third-order valence-corrected chi connectivity index (χ3v) is 6.51. The summed E-state index contributed by atoms with van der Waals surface area (Å²) in [4.78, 5) is 3.15. The summed E-state index contributed by atoms with van der Waals surface area (Å²) in [6.07, 6.45) is 17.6. The molecule has 0 amide bonds. The monoisotopic (exact) mass is 562 g/mol. The smallest absolute Gasteiger partial charge is 0.299 e. The Morgan fingerprint density at radius 1 is 0.743 bits per heavy atom. The Morgan fingerprint density at radius 3 is 2.09 bits per heavy atom. The number of hydrogen-bond acceptors (Lipinski definition) is 0. The first-order valence-corrected chi connectivity index (χ1v) is 13.6. The van der Waals surface area contributed by atoms with Gasteiger partial charge in [0.05, 0.1) is 6.08 Å². The molecule has 192 valence electrons. The van der Waals surface area contributed by atoms with Crippen LogP contribution in [0.4, 0.5) is 0 Å². The van der Waals surface area contributed by atoms with Crippen LogP contribution in [0.15, 0.2) is 60.2 Å². The molecular formula is C32H44N2Pd. The minimum atomic E-state index is 0. The zero-order valence-electron chi connectivity index (χ0n) is 22.1. The van der Waals surface area contributed by atoms with E-state index in [1.54, 1.807) is 0 Å². The molecule has 0 radical (unpaired) electrons. The van der Waals surface area contributed by atoms with Crippen LogP contribution in [0.3, 0.4) is 0 Å². The zero-order chi connectivity index (χ0) is 24.4. The quantitative estimate of drug-likeness (QED) is 0.0488. The first-order valence-electron chi connectivity index (χ1n) is 13.6. The molecule has 0 heterocycles. The predicted molar refractivity (Wildman–Crippen MR) is 147 cm³/mol. The van der Waals surface area contributed by atoms with E-state index in [-0.39, 0.29) is 20.4 Å². The Kier molecular flexibility index (Phi) is 17.0. The van der Waals surface area contributed by atoms with Crippen LogP contribution in [0.5, 0.6) is 0 Å². The Labute approximate surface area is 228 Å². The van der Waals surface area contributed by atoms with Gasteiger partial charge in [-0.3, -0.25) is 0 Å². The zero-order valence-corrected chi connectivity index (χ0v) is 23.7. The van der Waals surface area contributed by atoms with Crippen molar-refractivity contribution in [2.75, 3.05) is 0 Å². The van der Waals surface area contributed by atoms with Gasteiger partial charge in [-0.15, -0.1) is 4.79 Å². The van der Waals surface area contributed by atoms with Gasteiger partial charge in [-0.2, -0.15) is 0 Å². The van der Waals surface area contributed by atoms with Crippen molar-refractivity contribution in [2.24, 2.45) is 0 Å². The molecule has 0 aliphatic carbocycles. The summed E-state index contributed by atoms with van der Waals surface area (Å²) in [6, 6.07) is 18.1. The fraction of sp³-hybridized carbons (Fsp3) is 0.500. The van der Waals surface area contributed by atoms with Gasteiger partial charge in [-0.1, -0.05) is 114 Å². The van der Waals surface area contributed by atoms with E-state index in [2.05, 4.69) is 80.0 Å². The summed E-state index contributed by atoms with van der Waals surface area (Å²) >= 11 is 0. The van der Waals surface area contributed by atoms with Crippen LogP contribution in [0, 0.1) is 0 Å². The summed E-state index contributed by atoms with van der Waals surface area (Å²) in [6.45, 7) is 6.72. The molecule has 2 nitrogen and oxygen atoms in total. The Hall–Kier alpha value is -2.00. The van der Waals surface area contributed by atoms with Gasteiger partial charge in [-0.25, -0.2) is 0 Å². The van der Waals surface area contributed by atoms with E-state index in [0.29, 0.717) is 0 Å². The standard InChI is InChI=1S/C32H44N2.Pd/c1-4-7-10-11-12-13-16-27-20-22-30(23-21-27)32(29(18-9-6-3)24-25-34-33)31-19-14-17-28(26-31)15-8-5-2;/h14,17,19-24,26H,4-13,15-16,18H2,1-3H3;. The van der Waals surface area contributed by atoms with Crippen molar-refractivity contribution >= 4 is 11.4 Å². The van der Waals surface area contributed by atoms with E-state index in [1.165, 1.54) is 84.8 Å². The molecule has 3 heteroatoms. The molecule has 0 spiro atoms. The van der Waals surface area contributed by atoms with E-state index in [9.17, 15) is 0 Å². The third kappa shape index (κ3) is 11.5. The van der Waals surface area contributed by atoms with Crippen molar-refractivity contribution in [1.82, 2.24) is 0 Å². The second-order valence-electron chi connectivity index (χ2n) is 9.40. The second kappa shape index (κ2) is 19.2. The van der Waals surface area contributed by atoms with E-state index >= 15 is 0 Å². The SMILES string of the molecule is CCCCCCCCc1ccc(C(=C(C=C=[N+]=[N-])CCCC)c2cccc(CCCC)c2)cc1.[Pd]. The van der Waals surface area contributed by atoms with Crippen molar-refractivity contribution in [3.8, 4) is 0 Å². The number of rotatable bonds is 16. The Balaban J connectivity index is 0.00000612. The van der Waals surface area contributed by atoms with Gasteiger partial charge < -0.3 is 5.53 Å². The fourth-order valence-corrected chi connectivity index (χ4v) is 4.49. The molecule has 0 saturated carbocycles. The summed E-state index contributed by atoms with van der Waals surface area (Å²) in [5.74, 6) is 2.68. The third-order valence-electron chi connectivity index (χ3n) is 6.51. The molecule has 0 aliphatic rings. The van der Waals surface area contributed by atoms with Gasteiger partial charge in [0.2, 0.25) is 0 Å². The Morgan fingerprint density at radius 2 is 1.40 bits per heavy atom. The predicted octanol–water partition coefficient (Wildman–Crippen LogP) is 9.38. The number of benzene rings is 2. The van der Waals surface area contributed by atoms with Crippen molar-refractivity contribution in [3.63, 3.8) is 0 Å².